The molecule has 1 aromatic heterocycles. The molecule has 0 bridgehead atoms. The van der Waals surface area contributed by atoms with Crippen LogP contribution in [0.3, 0.4) is 0 Å². The lowest BCUT2D eigenvalue weighted by molar-refractivity contribution is 0.0600. The van der Waals surface area contributed by atoms with Crippen LogP contribution in [0.5, 0.6) is 0 Å². The van der Waals surface area contributed by atoms with Gasteiger partial charge in [0.15, 0.2) is 5.96 Å². The largest absolute Gasteiger partial charge is 0.465 e. The number of nitrogens with zero attached hydrogens (tertiary/aromatic N) is 4. The molecule has 1 aliphatic heterocycles. The number of pyridine rings is 1. The molecule has 2 aromatic rings. The van der Waals surface area contributed by atoms with Crippen molar-refractivity contribution < 1.29 is 9.53 Å². The Bertz CT molecular complexity index is 790. The standard InChI is InChI=1S/C21H27N5O2.HI/c1-3-22-21(24-16-17-7-9-18(10-8-17)20(27)28-2)26-14-12-25(13-15-26)19-6-4-5-11-23-19;/h4-11H,3,12-16H2,1-2H3,(H,22,24);1H. The first-order valence-corrected chi connectivity index (χ1v) is 9.57. The molecular formula is C21H28IN5O2. The molecule has 3 rings (SSSR count). The van der Waals surface area contributed by atoms with Crippen LogP contribution in [0, 0.1) is 0 Å². The molecule has 0 unspecified atom stereocenters. The third-order valence-electron chi connectivity index (χ3n) is 4.67. The Morgan fingerprint density at radius 3 is 2.45 bits per heavy atom. The van der Waals surface area contributed by atoms with E-state index in [0.717, 1.165) is 50.1 Å². The zero-order valence-electron chi connectivity index (χ0n) is 16.9. The quantitative estimate of drug-likeness (QED) is 0.290. The lowest BCUT2D eigenvalue weighted by atomic mass is 10.1. The number of aromatic nitrogens is 1. The van der Waals surface area contributed by atoms with Gasteiger partial charge >= 0.3 is 5.97 Å². The van der Waals surface area contributed by atoms with Gasteiger partial charge in [0.1, 0.15) is 5.82 Å². The number of nitrogens with one attached hydrogen (secondary N) is 1. The van der Waals surface area contributed by atoms with Crippen LogP contribution >= 0.6 is 24.0 Å². The van der Waals surface area contributed by atoms with Crippen LogP contribution in [0.1, 0.15) is 22.8 Å². The molecule has 1 fully saturated rings. The highest BCUT2D eigenvalue weighted by Gasteiger charge is 2.20. The van der Waals surface area contributed by atoms with Crippen molar-refractivity contribution in [2.75, 3.05) is 44.7 Å². The Hall–Kier alpha value is -2.36. The Morgan fingerprint density at radius 1 is 1.14 bits per heavy atom. The number of halogens is 1. The molecule has 7 nitrogen and oxygen atoms in total. The summed E-state index contributed by atoms with van der Waals surface area (Å²) >= 11 is 0. The number of benzene rings is 1. The summed E-state index contributed by atoms with van der Waals surface area (Å²) in [6.07, 6.45) is 1.83. The number of rotatable bonds is 5. The van der Waals surface area contributed by atoms with Gasteiger partial charge in [-0.05, 0) is 36.8 Å². The maximum atomic E-state index is 11.5. The number of guanidine groups is 1. The predicted octanol–water partition coefficient (Wildman–Crippen LogP) is 2.77. The molecular weight excluding hydrogens is 481 g/mol. The van der Waals surface area contributed by atoms with Crippen LogP contribution in [0.25, 0.3) is 0 Å². The van der Waals surface area contributed by atoms with E-state index < -0.39 is 0 Å². The van der Waals surface area contributed by atoms with Gasteiger partial charge in [-0.3, -0.25) is 0 Å². The third-order valence-corrected chi connectivity index (χ3v) is 4.67. The first kappa shape index (κ1) is 22.9. The second-order valence-corrected chi connectivity index (χ2v) is 6.52. The van der Waals surface area contributed by atoms with Gasteiger partial charge in [0.2, 0.25) is 0 Å². The maximum Gasteiger partial charge on any atom is 0.337 e. The van der Waals surface area contributed by atoms with Crippen molar-refractivity contribution in [1.82, 2.24) is 15.2 Å². The molecule has 1 saturated heterocycles. The molecule has 29 heavy (non-hydrogen) atoms. The minimum Gasteiger partial charge on any atom is -0.465 e. The van der Waals surface area contributed by atoms with E-state index >= 15 is 0 Å². The fraction of sp³-hybridized carbons (Fsp3) is 0.381. The number of ether oxygens (including phenoxy) is 1. The van der Waals surface area contributed by atoms with Crippen LogP contribution in [0.2, 0.25) is 0 Å². The van der Waals surface area contributed by atoms with Crippen molar-refractivity contribution >= 4 is 41.7 Å². The second kappa shape index (κ2) is 11.6. The average molecular weight is 509 g/mol. The molecule has 1 aliphatic rings. The van der Waals surface area contributed by atoms with E-state index in [9.17, 15) is 4.79 Å². The number of carbonyl (C=O) groups is 1. The highest BCUT2D eigenvalue weighted by atomic mass is 127. The molecule has 8 heteroatoms. The van der Waals surface area contributed by atoms with E-state index in [4.69, 9.17) is 9.73 Å². The number of anilines is 1. The number of hydrogen-bond donors (Lipinski definition) is 1. The molecule has 2 heterocycles. The van der Waals surface area contributed by atoms with E-state index in [2.05, 4.69) is 27.0 Å². The number of methoxy groups -OCH3 is 1. The van der Waals surface area contributed by atoms with Gasteiger partial charge in [0.25, 0.3) is 0 Å². The minimum absolute atomic E-state index is 0. The van der Waals surface area contributed by atoms with Crippen molar-refractivity contribution in [1.29, 1.82) is 0 Å². The SMILES string of the molecule is CCNC(=NCc1ccc(C(=O)OC)cc1)N1CCN(c2ccccn2)CC1.I. The number of hydrogen-bond acceptors (Lipinski definition) is 5. The molecule has 0 saturated carbocycles. The third kappa shape index (κ3) is 6.31. The van der Waals surface area contributed by atoms with Gasteiger partial charge in [-0.15, -0.1) is 24.0 Å². The van der Waals surface area contributed by atoms with E-state index in [1.165, 1.54) is 7.11 Å². The maximum absolute atomic E-state index is 11.5. The van der Waals surface area contributed by atoms with Crippen molar-refractivity contribution in [3.05, 3.63) is 59.8 Å². The van der Waals surface area contributed by atoms with Crippen LogP contribution in [0.4, 0.5) is 5.82 Å². The highest BCUT2D eigenvalue weighted by Crippen LogP contribution is 2.13. The summed E-state index contributed by atoms with van der Waals surface area (Å²) in [5.41, 5.74) is 1.60. The first-order chi connectivity index (χ1) is 13.7. The van der Waals surface area contributed by atoms with E-state index in [1.54, 1.807) is 12.1 Å². The monoisotopic (exact) mass is 509 g/mol. The van der Waals surface area contributed by atoms with E-state index in [0.29, 0.717) is 12.1 Å². The Kier molecular flexibility index (Phi) is 9.17. The normalized spacial score (nSPS) is 14.2. The lowest BCUT2D eigenvalue weighted by Crippen LogP contribution is -2.52. The smallest absolute Gasteiger partial charge is 0.337 e. The zero-order valence-corrected chi connectivity index (χ0v) is 19.2. The summed E-state index contributed by atoms with van der Waals surface area (Å²) in [7, 11) is 1.39. The second-order valence-electron chi connectivity index (χ2n) is 6.52. The van der Waals surface area contributed by atoms with Crippen LogP contribution in [0.15, 0.2) is 53.7 Å². The summed E-state index contributed by atoms with van der Waals surface area (Å²) in [5, 5.41) is 3.38. The molecule has 0 amide bonds. The van der Waals surface area contributed by atoms with Crippen molar-refractivity contribution in [2.24, 2.45) is 4.99 Å². The van der Waals surface area contributed by atoms with Crippen molar-refractivity contribution in [3.8, 4) is 0 Å². The number of esters is 1. The molecule has 0 radical (unpaired) electrons. The molecule has 156 valence electrons. The van der Waals surface area contributed by atoms with Gasteiger partial charge < -0.3 is 19.9 Å². The van der Waals surface area contributed by atoms with Gasteiger partial charge in [-0.25, -0.2) is 14.8 Å². The van der Waals surface area contributed by atoms with Gasteiger partial charge in [0.05, 0.1) is 19.2 Å². The van der Waals surface area contributed by atoms with Crippen LogP contribution < -0.4 is 10.2 Å². The average Bonchev–Trinajstić information content (AvgIpc) is 2.77. The molecule has 0 spiro atoms. The fourth-order valence-electron chi connectivity index (χ4n) is 3.14. The summed E-state index contributed by atoms with van der Waals surface area (Å²) in [6.45, 7) is 7.06. The molecule has 1 aromatic carbocycles. The Morgan fingerprint density at radius 2 is 1.86 bits per heavy atom. The minimum atomic E-state index is -0.325. The van der Waals surface area contributed by atoms with Gasteiger partial charge in [0, 0.05) is 38.9 Å². The first-order valence-electron chi connectivity index (χ1n) is 9.57. The fourth-order valence-corrected chi connectivity index (χ4v) is 3.14. The van der Waals surface area contributed by atoms with Gasteiger partial charge in [-0.2, -0.15) is 0 Å². The summed E-state index contributed by atoms with van der Waals surface area (Å²) in [5.74, 6) is 1.61. The van der Waals surface area contributed by atoms with Gasteiger partial charge in [-0.1, -0.05) is 18.2 Å². The van der Waals surface area contributed by atoms with Crippen LogP contribution in [-0.2, 0) is 11.3 Å². The molecule has 1 N–H and O–H groups in total. The summed E-state index contributed by atoms with van der Waals surface area (Å²) in [6, 6.07) is 13.4. The predicted molar refractivity (Wildman–Crippen MR) is 126 cm³/mol. The van der Waals surface area contributed by atoms with E-state index in [-0.39, 0.29) is 29.9 Å². The zero-order chi connectivity index (χ0) is 19.8. The lowest BCUT2D eigenvalue weighted by Gasteiger charge is -2.37. The number of aliphatic imine (C=N–C) groups is 1. The van der Waals surface area contributed by atoms with Crippen molar-refractivity contribution in [3.63, 3.8) is 0 Å². The Labute approximate surface area is 189 Å². The van der Waals surface area contributed by atoms with E-state index in [1.807, 2.05) is 36.5 Å². The number of piperazine rings is 1. The number of carbonyl (C=O) groups excluding carboxylic acids is 1. The molecule has 0 aliphatic carbocycles. The Balaban J connectivity index is 0.00000300. The van der Waals surface area contributed by atoms with Crippen molar-refractivity contribution in [2.45, 2.75) is 13.5 Å². The topological polar surface area (TPSA) is 70.1 Å². The summed E-state index contributed by atoms with van der Waals surface area (Å²) < 4.78 is 4.73. The highest BCUT2D eigenvalue weighted by molar-refractivity contribution is 14.0. The summed E-state index contributed by atoms with van der Waals surface area (Å²) in [4.78, 5) is 25.3. The molecule has 0 atom stereocenters. The van der Waals surface area contributed by atoms with Crippen LogP contribution in [-0.4, -0.2) is 61.6 Å².